The van der Waals surface area contributed by atoms with Gasteiger partial charge in [0.05, 0.1) is 26.6 Å². The van der Waals surface area contributed by atoms with Crippen LogP contribution in [0.5, 0.6) is 17.2 Å². The Bertz CT molecular complexity index is 1100. The van der Waals surface area contributed by atoms with Crippen LogP contribution in [0.2, 0.25) is 0 Å². The molecule has 2 aromatic carbocycles. The number of thioether (sulfide) groups is 1. The molecule has 7 nitrogen and oxygen atoms in total. The van der Waals surface area contributed by atoms with Gasteiger partial charge in [0, 0.05) is 17.2 Å². The van der Waals surface area contributed by atoms with Gasteiger partial charge in [-0.3, -0.25) is 9.36 Å². The van der Waals surface area contributed by atoms with Gasteiger partial charge in [0.1, 0.15) is 0 Å². The van der Waals surface area contributed by atoms with E-state index in [2.05, 4.69) is 14.8 Å². The third-order valence-electron chi connectivity index (χ3n) is 6.24. The Labute approximate surface area is 204 Å². The third-order valence-corrected chi connectivity index (χ3v) is 7.29. The summed E-state index contributed by atoms with van der Waals surface area (Å²) in [7, 11) is 4.79. The van der Waals surface area contributed by atoms with E-state index in [0.717, 1.165) is 29.4 Å². The molecule has 0 aliphatic heterocycles. The van der Waals surface area contributed by atoms with Crippen LogP contribution < -0.4 is 14.2 Å². The van der Waals surface area contributed by atoms with Gasteiger partial charge >= 0.3 is 0 Å². The van der Waals surface area contributed by atoms with Crippen LogP contribution in [0.15, 0.2) is 47.6 Å². The van der Waals surface area contributed by atoms with Gasteiger partial charge in [-0.25, -0.2) is 0 Å². The number of carbonyl (C=O) groups is 1. The molecule has 1 heterocycles. The first kappa shape index (κ1) is 24.1. The van der Waals surface area contributed by atoms with E-state index in [0.29, 0.717) is 22.8 Å². The molecule has 1 aliphatic rings. The van der Waals surface area contributed by atoms with E-state index in [1.165, 1.54) is 31.0 Å². The maximum Gasteiger partial charge on any atom is 0.203 e. The predicted octanol–water partition coefficient (Wildman–Crippen LogP) is 5.84. The van der Waals surface area contributed by atoms with Gasteiger partial charge < -0.3 is 14.2 Å². The number of hydrogen-bond acceptors (Lipinski definition) is 7. The van der Waals surface area contributed by atoms with E-state index in [1.54, 1.807) is 21.3 Å². The van der Waals surface area contributed by atoms with Crippen LogP contribution in [-0.4, -0.2) is 47.1 Å². The average Bonchev–Trinajstić information content (AvgIpc) is 3.31. The molecule has 8 heteroatoms. The molecule has 1 atom stereocenters. The van der Waals surface area contributed by atoms with Crippen molar-refractivity contribution in [3.8, 4) is 28.6 Å². The fourth-order valence-corrected chi connectivity index (χ4v) is 5.48. The first-order valence-corrected chi connectivity index (χ1v) is 12.5. The lowest BCUT2D eigenvalue weighted by molar-refractivity contribution is 0.0993. The summed E-state index contributed by atoms with van der Waals surface area (Å²) in [6, 6.07) is 13.5. The minimum absolute atomic E-state index is 0.0816. The van der Waals surface area contributed by atoms with Gasteiger partial charge in [-0.05, 0) is 31.9 Å². The van der Waals surface area contributed by atoms with E-state index in [9.17, 15) is 4.79 Å². The smallest absolute Gasteiger partial charge is 0.203 e. The minimum atomic E-state index is -0.290. The Morgan fingerprint density at radius 1 is 0.971 bits per heavy atom. The van der Waals surface area contributed by atoms with E-state index in [1.807, 2.05) is 49.4 Å². The normalized spacial score (nSPS) is 15.1. The van der Waals surface area contributed by atoms with Crippen molar-refractivity contribution in [2.75, 3.05) is 21.3 Å². The predicted molar refractivity (Wildman–Crippen MR) is 133 cm³/mol. The molecule has 0 saturated heterocycles. The standard InChI is InChI=1S/C26H31N3O4S/c1-17(23(30)18-11-7-5-8-12-18)34-26-28-27-25(29(26)20-13-9-6-10-14-20)19-15-21(31-2)24(33-4)22(16-19)32-3/h5,7-8,11-12,15-17,20H,6,9-10,13-14H2,1-4H3. The summed E-state index contributed by atoms with van der Waals surface area (Å²) in [6.07, 6.45) is 5.69. The highest BCUT2D eigenvalue weighted by Crippen LogP contribution is 2.43. The van der Waals surface area contributed by atoms with Crippen LogP contribution in [-0.2, 0) is 0 Å². The number of Topliss-reactive ketones (excluding diaryl/α,β-unsaturated/α-hetero) is 1. The third kappa shape index (κ3) is 4.92. The number of carbonyl (C=O) groups excluding carboxylic acids is 1. The first-order valence-electron chi connectivity index (χ1n) is 11.6. The summed E-state index contributed by atoms with van der Waals surface area (Å²) >= 11 is 1.46. The van der Waals surface area contributed by atoms with Crippen molar-refractivity contribution in [3.63, 3.8) is 0 Å². The zero-order valence-electron chi connectivity index (χ0n) is 20.1. The quantitative estimate of drug-likeness (QED) is 0.281. The van der Waals surface area contributed by atoms with Crippen LogP contribution in [0.1, 0.15) is 55.4 Å². The Balaban J connectivity index is 1.74. The molecule has 0 amide bonds. The first-order chi connectivity index (χ1) is 16.6. The maximum atomic E-state index is 13.0. The van der Waals surface area contributed by atoms with E-state index < -0.39 is 0 Å². The second-order valence-electron chi connectivity index (χ2n) is 8.37. The lowest BCUT2D eigenvalue weighted by Gasteiger charge is -2.26. The molecule has 0 spiro atoms. The average molecular weight is 482 g/mol. The monoisotopic (exact) mass is 481 g/mol. The number of ether oxygens (including phenoxy) is 3. The number of nitrogens with zero attached hydrogens (tertiary/aromatic N) is 3. The fraction of sp³-hybridized carbons (Fsp3) is 0.423. The lowest BCUT2D eigenvalue weighted by Crippen LogP contribution is -2.18. The molecule has 1 saturated carbocycles. The van der Waals surface area contributed by atoms with E-state index in [-0.39, 0.29) is 17.1 Å². The van der Waals surface area contributed by atoms with Crippen molar-refractivity contribution < 1.29 is 19.0 Å². The summed E-state index contributed by atoms with van der Waals surface area (Å²) in [6.45, 7) is 1.93. The highest BCUT2D eigenvalue weighted by molar-refractivity contribution is 8.00. The maximum absolute atomic E-state index is 13.0. The zero-order valence-corrected chi connectivity index (χ0v) is 20.9. The van der Waals surface area contributed by atoms with Gasteiger partial charge in [-0.1, -0.05) is 61.4 Å². The molecule has 0 bridgehead atoms. The minimum Gasteiger partial charge on any atom is -0.493 e. The summed E-state index contributed by atoms with van der Waals surface area (Å²) in [5.74, 6) is 2.49. The zero-order chi connectivity index (χ0) is 24.1. The molecule has 4 rings (SSSR count). The molecule has 3 aromatic rings. The number of ketones is 1. The van der Waals surface area contributed by atoms with Crippen molar-refractivity contribution in [1.82, 2.24) is 14.8 Å². The molecule has 0 radical (unpaired) electrons. The summed E-state index contributed by atoms with van der Waals surface area (Å²) in [4.78, 5) is 13.0. The molecular weight excluding hydrogens is 450 g/mol. The van der Waals surface area contributed by atoms with Gasteiger partial charge in [-0.15, -0.1) is 10.2 Å². The Hall–Kier alpha value is -3.00. The molecule has 1 unspecified atom stereocenters. The molecule has 34 heavy (non-hydrogen) atoms. The van der Waals surface area contributed by atoms with Gasteiger partial charge in [-0.2, -0.15) is 0 Å². The van der Waals surface area contributed by atoms with Crippen LogP contribution in [0, 0.1) is 0 Å². The van der Waals surface area contributed by atoms with Crippen molar-refractivity contribution in [2.24, 2.45) is 0 Å². The number of methoxy groups -OCH3 is 3. The molecule has 180 valence electrons. The second kappa shape index (κ2) is 11.0. The largest absolute Gasteiger partial charge is 0.493 e. The number of aromatic nitrogens is 3. The highest BCUT2D eigenvalue weighted by atomic mass is 32.2. The van der Waals surface area contributed by atoms with E-state index >= 15 is 0 Å². The van der Waals surface area contributed by atoms with Crippen molar-refractivity contribution in [2.45, 2.75) is 55.5 Å². The second-order valence-corrected chi connectivity index (χ2v) is 9.68. The van der Waals surface area contributed by atoms with Crippen molar-refractivity contribution >= 4 is 17.5 Å². The van der Waals surface area contributed by atoms with Gasteiger partial charge in [0.2, 0.25) is 5.75 Å². The molecule has 1 aliphatic carbocycles. The lowest BCUT2D eigenvalue weighted by atomic mass is 9.95. The SMILES string of the molecule is COc1cc(-c2nnc(SC(C)C(=O)c3ccccc3)n2C2CCCCC2)cc(OC)c1OC. The number of rotatable bonds is 9. The summed E-state index contributed by atoms with van der Waals surface area (Å²) < 4.78 is 18.8. The Morgan fingerprint density at radius 2 is 1.62 bits per heavy atom. The topological polar surface area (TPSA) is 75.5 Å². The number of benzene rings is 2. The van der Waals surface area contributed by atoms with E-state index in [4.69, 9.17) is 14.2 Å². The molecular formula is C26H31N3O4S. The van der Waals surface area contributed by atoms with Gasteiger partial charge in [0.15, 0.2) is 28.3 Å². The van der Waals surface area contributed by atoms with Crippen LogP contribution in [0.4, 0.5) is 0 Å². The van der Waals surface area contributed by atoms with Crippen molar-refractivity contribution in [3.05, 3.63) is 48.0 Å². The van der Waals surface area contributed by atoms with Crippen molar-refractivity contribution in [1.29, 1.82) is 0 Å². The molecule has 0 N–H and O–H groups in total. The Morgan fingerprint density at radius 3 is 2.21 bits per heavy atom. The molecule has 1 aromatic heterocycles. The summed E-state index contributed by atoms with van der Waals surface area (Å²) in [5.41, 5.74) is 1.54. The number of hydrogen-bond donors (Lipinski definition) is 0. The summed E-state index contributed by atoms with van der Waals surface area (Å²) in [5, 5.41) is 9.60. The molecule has 1 fully saturated rings. The van der Waals surface area contributed by atoms with Crippen LogP contribution >= 0.6 is 11.8 Å². The van der Waals surface area contributed by atoms with Crippen LogP contribution in [0.3, 0.4) is 0 Å². The Kier molecular flexibility index (Phi) is 7.77. The van der Waals surface area contributed by atoms with Crippen LogP contribution in [0.25, 0.3) is 11.4 Å². The fourth-order valence-electron chi connectivity index (χ4n) is 4.48. The van der Waals surface area contributed by atoms with Gasteiger partial charge in [0.25, 0.3) is 0 Å². The highest BCUT2D eigenvalue weighted by Gasteiger charge is 2.28.